The van der Waals surface area contributed by atoms with Crippen LogP contribution in [0.1, 0.15) is 37.9 Å². The van der Waals surface area contributed by atoms with Crippen molar-refractivity contribution in [3.63, 3.8) is 0 Å². The fraction of sp³-hybridized carbons (Fsp3) is 0.714. The van der Waals surface area contributed by atoms with Gasteiger partial charge >= 0.3 is 0 Å². The van der Waals surface area contributed by atoms with Crippen LogP contribution in [0, 0.1) is 0 Å². The van der Waals surface area contributed by atoms with Crippen LogP contribution >= 0.6 is 23.1 Å². The Morgan fingerprint density at radius 1 is 1.53 bits per heavy atom. The van der Waals surface area contributed by atoms with Crippen LogP contribution in [0.15, 0.2) is 5.38 Å². The zero-order valence-corrected chi connectivity index (χ0v) is 13.5. The molecule has 0 aliphatic carbocycles. The van der Waals surface area contributed by atoms with Crippen molar-refractivity contribution in [2.45, 2.75) is 45.1 Å². The highest BCUT2D eigenvalue weighted by molar-refractivity contribution is 7.99. The Hall–Kier alpha value is -0.390. The van der Waals surface area contributed by atoms with E-state index in [9.17, 15) is 4.79 Å². The molecule has 106 valence electrons. The fourth-order valence-corrected chi connectivity index (χ4v) is 4.00. The van der Waals surface area contributed by atoms with Crippen molar-refractivity contribution in [1.29, 1.82) is 0 Å². The van der Waals surface area contributed by atoms with Crippen molar-refractivity contribution in [2.24, 2.45) is 0 Å². The third-order valence-electron chi connectivity index (χ3n) is 3.14. The van der Waals surface area contributed by atoms with Gasteiger partial charge in [0.15, 0.2) is 0 Å². The summed E-state index contributed by atoms with van der Waals surface area (Å²) in [5.41, 5.74) is 1.16. The molecule has 5 heteroatoms. The van der Waals surface area contributed by atoms with Crippen LogP contribution in [0.2, 0.25) is 0 Å². The van der Waals surface area contributed by atoms with Gasteiger partial charge in [-0.15, -0.1) is 11.3 Å². The molecule has 0 aromatic carbocycles. The number of carbonyl (C=O) groups excluding carboxylic acids is 1. The lowest BCUT2D eigenvalue weighted by Crippen LogP contribution is -2.39. The molecule has 1 atom stereocenters. The van der Waals surface area contributed by atoms with E-state index >= 15 is 0 Å². The quantitative estimate of drug-likeness (QED) is 0.928. The van der Waals surface area contributed by atoms with E-state index in [2.05, 4.69) is 36.5 Å². The molecular formula is C14H22N2OS2. The van der Waals surface area contributed by atoms with E-state index in [1.807, 2.05) is 11.8 Å². The van der Waals surface area contributed by atoms with E-state index in [0.29, 0.717) is 24.7 Å². The summed E-state index contributed by atoms with van der Waals surface area (Å²) < 4.78 is 0. The zero-order chi connectivity index (χ0) is 13.9. The number of hydrogen-bond donors (Lipinski definition) is 1. The van der Waals surface area contributed by atoms with E-state index in [1.165, 1.54) is 0 Å². The number of rotatable bonds is 4. The topological polar surface area (TPSA) is 42.0 Å². The number of hydrogen-bond acceptors (Lipinski definition) is 5. The number of carbonyl (C=O) groups is 1. The molecular weight excluding hydrogens is 276 g/mol. The van der Waals surface area contributed by atoms with Gasteiger partial charge < -0.3 is 5.32 Å². The van der Waals surface area contributed by atoms with Gasteiger partial charge in [0, 0.05) is 41.3 Å². The molecule has 1 aromatic rings. The average molecular weight is 298 g/mol. The van der Waals surface area contributed by atoms with E-state index in [-0.39, 0.29) is 5.41 Å². The Labute approximate surface area is 123 Å². The largest absolute Gasteiger partial charge is 0.312 e. The Kier molecular flexibility index (Phi) is 5.03. The van der Waals surface area contributed by atoms with Crippen molar-refractivity contribution in [1.82, 2.24) is 10.3 Å². The van der Waals surface area contributed by atoms with Crippen molar-refractivity contribution < 1.29 is 4.79 Å². The van der Waals surface area contributed by atoms with Gasteiger partial charge in [-0.3, -0.25) is 4.79 Å². The summed E-state index contributed by atoms with van der Waals surface area (Å²) in [7, 11) is 0. The lowest BCUT2D eigenvalue weighted by Gasteiger charge is -2.22. The van der Waals surface area contributed by atoms with Gasteiger partial charge in [0.25, 0.3) is 0 Å². The molecule has 0 bridgehead atoms. The monoisotopic (exact) mass is 298 g/mol. The van der Waals surface area contributed by atoms with Crippen LogP contribution < -0.4 is 5.32 Å². The van der Waals surface area contributed by atoms with Crippen LogP contribution in [0.25, 0.3) is 0 Å². The highest BCUT2D eigenvalue weighted by Crippen LogP contribution is 2.24. The van der Waals surface area contributed by atoms with Crippen molar-refractivity contribution in [2.75, 3.05) is 18.1 Å². The van der Waals surface area contributed by atoms with E-state index in [1.54, 1.807) is 11.3 Å². The summed E-state index contributed by atoms with van der Waals surface area (Å²) >= 11 is 3.54. The molecule has 1 aliphatic rings. The summed E-state index contributed by atoms with van der Waals surface area (Å²) in [6, 6.07) is 0.355. The average Bonchev–Trinajstić information content (AvgIpc) is 2.78. The summed E-state index contributed by atoms with van der Waals surface area (Å²) in [4.78, 5) is 16.6. The molecule has 1 fully saturated rings. The minimum absolute atomic E-state index is 0.0688. The minimum Gasteiger partial charge on any atom is -0.312 e. The van der Waals surface area contributed by atoms with Crippen molar-refractivity contribution >= 4 is 28.9 Å². The van der Waals surface area contributed by atoms with Crippen molar-refractivity contribution in [3.05, 3.63) is 16.1 Å². The molecule has 1 unspecified atom stereocenters. The Morgan fingerprint density at radius 3 is 2.89 bits per heavy atom. The number of thiazole rings is 1. The Balaban J connectivity index is 1.86. The van der Waals surface area contributed by atoms with Crippen LogP contribution in [0.4, 0.5) is 0 Å². The number of nitrogens with one attached hydrogen (secondary N) is 1. The molecule has 0 radical (unpaired) electrons. The summed E-state index contributed by atoms with van der Waals surface area (Å²) in [6.07, 6.45) is 1.13. The Bertz CT molecular complexity index is 431. The summed E-state index contributed by atoms with van der Waals surface area (Å²) in [5.74, 6) is 2.51. The fourth-order valence-electron chi connectivity index (χ4n) is 2.00. The minimum atomic E-state index is 0.0688. The molecule has 2 rings (SSSR count). The van der Waals surface area contributed by atoms with Gasteiger partial charge in [0.2, 0.25) is 0 Å². The molecule has 0 amide bonds. The van der Waals surface area contributed by atoms with Gasteiger partial charge in [0.05, 0.1) is 12.1 Å². The lowest BCUT2D eigenvalue weighted by molar-refractivity contribution is -0.118. The second-order valence-corrected chi connectivity index (χ2v) is 8.11. The predicted octanol–water partition coefficient (Wildman–Crippen LogP) is 2.65. The van der Waals surface area contributed by atoms with Gasteiger partial charge in [-0.2, -0.15) is 11.8 Å². The zero-order valence-electron chi connectivity index (χ0n) is 11.9. The molecule has 19 heavy (non-hydrogen) atoms. The smallest absolute Gasteiger partial charge is 0.141 e. The van der Waals surface area contributed by atoms with Gasteiger partial charge in [-0.25, -0.2) is 4.98 Å². The van der Waals surface area contributed by atoms with E-state index < -0.39 is 0 Å². The van der Waals surface area contributed by atoms with Gasteiger partial charge in [-0.1, -0.05) is 20.8 Å². The van der Waals surface area contributed by atoms with Crippen LogP contribution in [-0.2, 0) is 16.6 Å². The first-order chi connectivity index (χ1) is 8.95. The first-order valence-corrected chi connectivity index (χ1v) is 8.76. The van der Waals surface area contributed by atoms with Crippen LogP contribution in [-0.4, -0.2) is 34.9 Å². The molecule has 1 aromatic heterocycles. The highest BCUT2D eigenvalue weighted by Gasteiger charge is 2.20. The molecule has 3 nitrogen and oxygen atoms in total. The predicted molar refractivity (Wildman–Crippen MR) is 83.3 cm³/mol. The third kappa shape index (κ3) is 4.58. The van der Waals surface area contributed by atoms with Crippen LogP contribution in [0.5, 0.6) is 0 Å². The van der Waals surface area contributed by atoms with E-state index in [0.717, 1.165) is 28.8 Å². The summed E-state index contributed by atoms with van der Waals surface area (Å²) in [5, 5.41) is 6.44. The van der Waals surface area contributed by atoms with Gasteiger partial charge in [0.1, 0.15) is 10.8 Å². The third-order valence-corrected chi connectivity index (χ3v) is 5.12. The number of nitrogens with zero attached hydrogens (tertiary/aromatic N) is 1. The Morgan fingerprint density at radius 2 is 2.32 bits per heavy atom. The molecule has 0 spiro atoms. The van der Waals surface area contributed by atoms with Crippen LogP contribution in [0.3, 0.4) is 0 Å². The number of aromatic nitrogens is 1. The highest BCUT2D eigenvalue weighted by atomic mass is 32.2. The van der Waals surface area contributed by atoms with Gasteiger partial charge in [-0.05, 0) is 0 Å². The molecule has 1 aliphatic heterocycles. The first kappa shape index (κ1) is 15.0. The number of ketones is 1. The maximum absolute atomic E-state index is 12.1. The molecule has 1 N–H and O–H groups in total. The molecule has 0 saturated carbocycles. The maximum atomic E-state index is 12.1. The number of Topliss-reactive ketones (excluding diaryl/α,β-unsaturated/α-hetero) is 1. The second kappa shape index (κ2) is 6.37. The lowest BCUT2D eigenvalue weighted by atomic mass is 9.93. The SMILES string of the molecule is CC(C)(C)c1csc(CC(=O)CC2CSCCN2)n1. The number of thioether (sulfide) groups is 1. The molecule has 1 saturated heterocycles. The second-order valence-electron chi connectivity index (χ2n) is 6.02. The van der Waals surface area contributed by atoms with E-state index in [4.69, 9.17) is 0 Å². The first-order valence-electron chi connectivity index (χ1n) is 6.73. The summed E-state index contributed by atoms with van der Waals surface area (Å²) in [6.45, 7) is 7.47. The maximum Gasteiger partial charge on any atom is 0.141 e. The molecule has 2 heterocycles. The van der Waals surface area contributed by atoms with Crippen molar-refractivity contribution in [3.8, 4) is 0 Å². The normalized spacial score (nSPS) is 20.5. The standard InChI is InChI=1S/C14H22N2OS2/c1-14(2,3)12-9-19-13(16-12)7-11(17)6-10-8-18-5-4-15-10/h9-10,15H,4-8H2,1-3H3.